The molecule has 2 heterocycles. The van der Waals surface area contributed by atoms with Gasteiger partial charge in [-0.1, -0.05) is 23.9 Å². The quantitative estimate of drug-likeness (QED) is 0.732. The first-order chi connectivity index (χ1) is 12.7. The first-order valence-electron chi connectivity index (χ1n) is 8.79. The number of carbonyl (C=O) groups is 1. The maximum absolute atomic E-state index is 12.4. The molecule has 0 unspecified atom stereocenters. The molecule has 146 valence electrons. The molecule has 0 saturated carbocycles. The molecule has 9 heteroatoms. The minimum absolute atomic E-state index is 0.0262. The van der Waals surface area contributed by atoms with E-state index in [-0.39, 0.29) is 23.3 Å². The zero-order valence-corrected chi connectivity index (χ0v) is 17.2. The van der Waals surface area contributed by atoms with Gasteiger partial charge in [0.2, 0.25) is 11.8 Å². The van der Waals surface area contributed by atoms with Crippen LogP contribution in [0.5, 0.6) is 0 Å². The van der Waals surface area contributed by atoms with Crippen molar-refractivity contribution in [1.29, 1.82) is 0 Å². The van der Waals surface area contributed by atoms with Crippen LogP contribution in [-0.2, 0) is 21.1 Å². The van der Waals surface area contributed by atoms with E-state index in [4.69, 9.17) is 4.42 Å². The van der Waals surface area contributed by atoms with Gasteiger partial charge in [0.05, 0.1) is 16.8 Å². The molecule has 1 aliphatic rings. The summed E-state index contributed by atoms with van der Waals surface area (Å²) >= 11 is 1.19. The van der Waals surface area contributed by atoms with E-state index in [1.54, 1.807) is 6.92 Å². The van der Waals surface area contributed by atoms with Crippen molar-refractivity contribution in [2.45, 2.75) is 44.1 Å². The Morgan fingerprint density at radius 2 is 2.15 bits per heavy atom. The molecule has 3 rings (SSSR count). The lowest BCUT2D eigenvalue weighted by Crippen LogP contribution is -2.22. The number of amides is 1. The third-order valence-electron chi connectivity index (χ3n) is 4.54. The average Bonchev–Trinajstić information content (AvgIpc) is 3.17. The largest absolute Gasteiger partial charge is 0.416 e. The number of rotatable bonds is 6. The van der Waals surface area contributed by atoms with Crippen molar-refractivity contribution in [2.75, 3.05) is 16.8 Å². The fourth-order valence-electron chi connectivity index (χ4n) is 2.96. The first kappa shape index (κ1) is 19.9. The van der Waals surface area contributed by atoms with E-state index < -0.39 is 15.1 Å². The summed E-state index contributed by atoms with van der Waals surface area (Å²) < 4.78 is 28.7. The Balaban J connectivity index is 1.56. The van der Waals surface area contributed by atoms with Gasteiger partial charge in [-0.15, -0.1) is 10.2 Å². The second-order valence-corrected chi connectivity index (χ2v) is 10.5. The van der Waals surface area contributed by atoms with Crippen molar-refractivity contribution < 1.29 is 17.6 Å². The molecule has 1 aromatic carbocycles. The Morgan fingerprint density at radius 3 is 2.85 bits per heavy atom. The number of benzene rings is 1. The van der Waals surface area contributed by atoms with Gasteiger partial charge in [-0.2, -0.15) is 0 Å². The molecule has 1 fully saturated rings. The third-order valence-corrected chi connectivity index (χ3v) is 7.31. The first-order valence-corrected chi connectivity index (χ1v) is 11.5. The Kier molecular flexibility index (Phi) is 5.90. The lowest BCUT2D eigenvalue weighted by molar-refractivity contribution is -0.115. The van der Waals surface area contributed by atoms with Crippen molar-refractivity contribution in [3.63, 3.8) is 0 Å². The Morgan fingerprint density at radius 1 is 1.37 bits per heavy atom. The molecule has 0 spiro atoms. The fraction of sp³-hybridized carbons (Fsp3) is 0.500. The van der Waals surface area contributed by atoms with Crippen LogP contribution in [-0.4, -0.2) is 41.3 Å². The van der Waals surface area contributed by atoms with Crippen molar-refractivity contribution in [2.24, 2.45) is 5.92 Å². The summed E-state index contributed by atoms with van der Waals surface area (Å²) in [5.74, 6) is 0.700. The Labute approximate surface area is 163 Å². The highest BCUT2D eigenvalue weighted by atomic mass is 32.2. The van der Waals surface area contributed by atoms with E-state index in [1.165, 1.54) is 11.8 Å². The van der Waals surface area contributed by atoms with Gasteiger partial charge in [0.1, 0.15) is 0 Å². The molecule has 0 radical (unpaired) electrons. The highest BCUT2D eigenvalue weighted by molar-refractivity contribution is 8.00. The number of carbonyl (C=O) groups excluding carboxylic acids is 1. The molecule has 2 atom stereocenters. The van der Waals surface area contributed by atoms with Gasteiger partial charge in [0.25, 0.3) is 5.22 Å². The van der Waals surface area contributed by atoms with Crippen molar-refractivity contribution >= 4 is 33.2 Å². The average molecular weight is 410 g/mol. The lowest BCUT2D eigenvalue weighted by atomic mass is 10.1. The van der Waals surface area contributed by atoms with E-state index in [0.717, 1.165) is 16.8 Å². The molecule has 1 N–H and O–H groups in total. The number of nitrogens with one attached hydrogen (secondary N) is 1. The fourth-order valence-corrected chi connectivity index (χ4v) is 5.52. The maximum Gasteiger partial charge on any atom is 0.277 e. The highest BCUT2D eigenvalue weighted by Gasteiger charge is 2.29. The van der Waals surface area contributed by atoms with Gasteiger partial charge in [-0.25, -0.2) is 8.42 Å². The van der Waals surface area contributed by atoms with Gasteiger partial charge < -0.3 is 9.73 Å². The zero-order valence-electron chi connectivity index (χ0n) is 15.6. The van der Waals surface area contributed by atoms with E-state index in [2.05, 4.69) is 15.5 Å². The molecule has 1 aliphatic heterocycles. The number of anilines is 1. The van der Waals surface area contributed by atoms with E-state index in [1.807, 2.05) is 32.0 Å². The van der Waals surface area contributed by atoms with Crippen LogP contribution in [0.25, 0.3) is 0 Å². The zero-order chi connectivity index (χ0) is 19.6. The van der Waals surface area contributed by atoms with Crippen molar-refractivity contribution in [1.82, 2.24) is 10.2 Å². The normalized spacial score (nSPS) is 19.7. The highest BCUT2D eigenvalue weighted by Crippen LogP contribution is 2.27. The van der Waals surface area contributed by atoms with Crippen LogP contribution >= 0.6 is 11.8 Å². The van der Waals surface area contributed by atoms with Gasteiger partial charge in [0, 0.05) is 12.1 Å². The monoisotopic (exact) mass is 409 g/mol. The molecule has 1 aromatic heterocycles. The maximum atomic E-state index is 12.4. The summed E-state index contributed by atoms with van der Waals surface area (Å²) in [6, 6.07) is 5.90. The standard InChI is InChI=1S/C18H23N3O4S2/c1-11-4-5-12(2)15(8-11)19-17(22)13(3)26-18-21-20-16(25-18)9-14-6-7-27(23,24)10-14/h4-5,8,13-14H,6-7,9-10H2,1-3H3,(H,19,22)/t13-,14+/m0/s1. The number of thioether (sulfide) groups is 1. The van der Waals surface area contributed by atoms with Crippen LogP contribution in [0.4, 0.5) is 5.69 Å². The topological polar surface area (TPSA) is 102 Å². The molecular formula is C18H23N3O4S2. The van der Waals surface area contributed by atoms with Crippen LogP contribution in [0.2, 0.25) is 0 Å². The van der Waals surface area contributed by atoms with Crippen LogP contribution in [0.3, 0.4) is 0 Å². The lowest BCUT2D eigenvalue weighted by Gasteiger charge is -2.12. The predicted molar refractivity (Wildman–Crippen MR) is 105 cm³/mol. The van der Waals surface area contributed by atoms with Gasteiger partial charge in [-0.3, -0.25) is 4.79 Å². The summed E-state index contributed by atoms with van der Waals surface area (Å²) in [6.07, 6.45) is 1.08. The third kappa shape index (κ3) is 5.32. The molecule has 2 aromatic rings. The molecule has 0 aliphatic carbocycles. The summed E-state index contributed by atoms with van der Waals surface area (Å²) in [5, 5.41) is 10.8. The van der Waals surface area contributed by atoms with Crippen LogP contribution in [0.1, 0.15) is 30.4 Å². The summed E-state index contributed by atoms with van der Waals surface area (Å²) in [7, 11) is -2.92. The number of hydrogen-bond donors (Lipinski definition) is 1. The molecule has 0 bridgehead atoms. The molecule has 1 saturated heterocycles. The molecule has 1 amide bonds. The second kappa shape index (κ2) is 8.02. The van der Waals surface area contributed by atoms with Crippen molar-refractivity contribution in [3.8, 4) is 0 Å². The Bertz CT molecular complexity index is 940. The number of sulfone groups is 1. The van der Waals surface area contributed by atoms with Crippen molar-refractivity contribution in [3.05, 3.63) is 35.2 Å². The number of aryl methyl sites for hydroxylation is 2. The minimum atomic E-state index is -2.92. The minimum Gasteiger partial charge on any atom is -0.416 e. The number of hydrogen-bond acceptors (Lipinski definition) is 7. The predicted octanol–water partition coefficient (Wildman–Crippen LogP) is 2.78. The van der Waals surface area contributed by atoms with Crippen LogP contribution in [0, 0.1) is 19.8 Å². The Hall–Kier alpha value is -1.87. The van der Waals surface area contributed by atoms with Crippen LogP contribution in [0.15, 0.2) is 27.8 Å². The number of nitrogens with zero attached hydrogens (tertiary/aromatic N) is 2. The summed E-state index contributed by atoms with van der Waals surface area (Å²) in [4.78, 5) is 12.4. The van der Waals surface area contributed by atoms with E-state index in [9.17, 15) is 13.2 Å². The smallest absolute Gasteiger partial charge is 0.277 e. The second-order valence-electron chi connectivity index (χ2n) is 7.00. The molecular weight excluding hydrogens is 386 g/mol. The number of aromatic nitrogens is 2. The van der Waals surface area contributed by atoms with E-state index >= 15 is 0 Å². The summed E-state index contributed by atoms with van der Waals surface area (Å²) in [6.45, 7) is 5.70. The van der Waals surface area contributed by atoms with Crippen LogP contribution < -0.4 is 5.32 Å². The SMILES string of the molecule is Cc1ccc(C)c(NC(=O)[C@H](C)Sc2nnc(C[C@H]3CCS(=O)(=O)C3)o2)c1. The van der Waals surface area contributed by atoms with E-state index in [0.29, 0.717) is 24.0 Å². The van der Waals surface area contributed by atoms with Gasteiger partial charge >= 0.3 is 0 Å². The molecule has 7 nitrogen and oxygen atoms in total. The summed E-state index contributed by atoms with van der Waals surface area (Å²) in [5.41, 5.74) is 2.87. The van der Waals surface area contributed by atoms with Gasteiger partial charge in [0.15, 0.2) is 9.84 Å². The van der Waals surface area contributed by atoms with Gasteiger partial charge in [-0.05, 0) is 50.3 Å². The molecule has 27 heavy (non-hydrogen) atoms.